The summed E-state index contributed by atoms with van der Waals surface area (Å²) < 4.78 is 5.55. The number of nitrogens with one attached hydrogen (secondary N) is 1. The predicted octanol–water partition coefficient (Wildman–Crippen LogP) is 6.06. The van der Waals surface area contributed by atoms with Crippen LogP contribution in [0.2, 0.25) is 0 Å². The topological polar surface area (TPSA) is 47.0 Å². The first-order valence-corrected chi connectivity index (χ1v) is 9.98. The Labute approximate surface area is 162 Å². The lowest BCUT2D eigenvalue weighted by atomic mass is 10.1. The van der Waals surface area contributed by atoms with Crippen LogP contribution >= 0.6 is 11.3 Å². The number of fused-ring (bicyclic) bond motifs is 1. The molecule has 0 radical (unpaired) electrons. The molecule has 0 fully saturated rings. The van der Waals surface area contributed by atoms with Crippen molar-refractivity contribution in [2.45, 2.75) is 20.3 Å². The van der Waals surface area contributed by atoms with Crippen LogP contribution in [0.5, 0.6) is 5.75 Å². The lowest BCUT2D eigenvalue weighted by molar-refractivity contribution is 0.340. The highest BCUT2D eigenvalue weighted by Gasteiger charge is 2.13. The normalized spacial score (nSPS) is 10.9. The van der Waals surface area contributed by atoms with Crippen LogP contribution in [0.25, 0.3) is 21.3 Å². The van der Waals surface area contributed by atoms with E-state index in [-0.39, 0.29) is 0 Å². The SMILES string of the molecule is CCOc1ccc(-c2csc3ncnc(Nc4ccc(CC)cc4)c23)cc1. The first kappa shape index (κ1) is 17.5. The molecule has 4 nitrogen and oxygen atoms in total. The van der Waals surface area contributed by atoms with E-state index in [9.17, 15) is 0 Å². The third-order valence-electron chi connectivity index (χ3n) is 4.47. The number of hydrogen-bond donors (Lipinski definition) is 1. The maximum Gasteiger partial charge on any atom is 0.143 e. The van der Waals surface area contributed by atoms with Crippen LogP contribution in [0.4, 0.5) is 11.5 Å². The molecule has 0 amide bonds. The third-order valence-corrected chi connectivity index (χ3v) is 5.36. The van der Waals surface area contributed by atoms with Gasteiger partial charge in [-0.1, -0.05) is 31.2 Å². The third kappa shape index (κ3) is 3.64. The Bertz CT molecular complexity index is 1040. The van der Waals surface area contributed by atoms with Crippen LogP contribution in [0.3, 0.4) is 0 Å². The summed E-state index contributed by atoms with van der Waals surface area (Å²) >= 11 is 1.63. The number of thiophene rings is 1. The summed E-state index contributed by atoms with van der Waals surface area (Å²) in [5.41, 5.74) is 4.60. The Kier molecular flexibility index (Phi) is 5.03. The zero-order chi connectivity index (χ0) is 18.6. The first-order valence-electron chi connectivity index (χ1n) is 9.10. The van der Waals surface area contributed by atoms with Crippen LogP contribution in [0.1, 0.15) is 19.4 Å². The van der Waals surface area contributed by atoms with Gasteiger partial charge in [0.1, 0.15) is 22.7 Å². The second-order valence-corrected chi connectivity index (χ2v) is 7.04. The maximum atomic E-state index is 5.55. The van der Waals surface area contributed by atoms with Crippen molar-refractivity contribution in [1.82, 2.24) is 9.97 Å². The Balaban J connectivity index is 1.72. The number of aryl methyl sites for hydroxylation is 1. The van der Waals surface area contributed by atoms with Gasteiger partial charge in [-0.2, -0.15) is 0 Å². The van der Waals surface area contributed by atoms with E-state index >= 15 is 0 Å². The lowest BCUT2D eigenvalue weighted by Crippen LogP contribution is -1.96. The Hall–Kier alpha value is -2.92. The molecule has 2 heterocycles. The molecule has 4 aromatic rings. The minimum atomic E-state index is 0.666. The molecule has 0 aliphatic rings. The van der Waals surface area contributed by atoms with E-state index in [1.54, 1.807) is 17.7 Å². The van der Waals surface area contributed by atoms with Crippen molar-refractivity contribution in [2.24, 2.45) is 0 Å². The van der Waals surface area contributed by atoms with Crippen molar-refractivity contribution in [3.05, 3.63) is 65.8 Å². The van der Waals surface area contributed by atoms with Gasteiger partial charge in [0.05, 0.1) is 12.0 Å². The minimum absolute atomic E-state index is 0.666. The van der Waals surface area contributed by atoms with Crippen LogP contribution < -0.4 is 10.1 Å². The molecular formula is C22H21N3OS. The van der Waals surface area contributed by atoms with Gasteiger partial charge in [-0.15, -0.1) is 11.3 Å². The van der Waals surface area contributed by atoms with E-state index in [2.05, 4.69) is 64.0 Å². The largest absolute Gasteiger partial charge is 0.494 e. The molecule has 2 aromatic heterocycles. The van der Waals surface area contributed by atoms with Gasteiger partial charge in [0.2, 0.25) is 0 Å². The summed E-state index contributed by atoms with van der Waals surface area (Å²) in [6, 6.07) is 16.6. The van der Waals surface area contributed by atoms with Gasteiger partial charge in [0.15, 0.2) is 0 Å². The number of nitrogens with zero attached hydrogens (tertiary/aromatic N) is 2. The van der Waals surface area contributed by atoms with Crippen molar-refractivity contribution in [2.75, 3.05) is 11.9 Å². The van der Waals surface area contributed by atoms with Crippen LogP contribution in [0.15, 0.2) is 60.2 Å². The number of rotatable bonds is 6. The number of anilines is 2. The second kappa shape index (κ2) is 7.76. The van der Waals surface area contributed by atoms with E-state index in [1.807, 2.05) is 19.1 Å². The number of hydrogen-bond acceptors (Lipinski definition) is 5. The second-order valence-electron chi connectivity index (χ2n) is 6.18. The number of benzene rings is 2. The van der Waals surface area contributed by atoms with E-state index in [1.165, 1.54) is 5.56 Å². The van der Waals surface area contributed by atoms with Gasteiger partial charge in [-0.25, -0.2) is 9.97 Å². The highest BCUT2D eigenvalue weighted by molar-refractivity contribution is 7.17. The zero-order valence-electron chi connectivity index (χ0n) is 15.4. The Morgan fingerprint density at radius 1 is 0.963 bits per heavy atom. The van der Waals surface area contributed by atoms with Crippen molar-refractivity contribution >= 4 is 33.1 Å². The van der Waals surface area contributed by atoms with Crippen molar-refractivity contribution in [1.29, 1.82) is 0 Å². The van der Waals surface area contributed by atoms with Gasteiger partial charge < -0.3 is 10.1 Å². The van der Waals surface area contributed by atoms with Gasteiger partial charge in [-0.05, 0) is 48.7 Å². The standard InChI is InChI=1S/C22H21N3OS/c1-3-15-5-9-17(10-6-15)25-21-20-19(13-27-22(20)24-14-23-21)16-7-11-18(12-8-16)26-4-2/h5-14H,3-4H2,1-2H3,(H,23,24,25). The average molecular weight is 375 g/mol. The van der Waals surface area contributed by atoms with Crippen molar-refractivity contribution < 1.29 is 4.74 Å². The summed E-state index contributed by atoms with van der Waals surface area (Å²) in [6.07, 6.45) is 2.65. The smallest absolute Gasteiger partial charge is 0.143 e. The summed E-state index contributed by atoms with van der Waals surface area (Å²) in [4.78, 5) is 9.93. The summed E-state index contributed by atoms with van der Waals surface area (Å²) in [7, 11) is 0. The summed E-state index contributed by atoms with van der Waals surface area (Å²) in [5.74, 6) is 1.71. The molecule has 0 atom stereocenters. The molecule has 5 heteroatoms. The van der Waals surface area contributed by atoms with Gasteiger partial charge in [-0.3, -0.25) is 0 Å². The molecule has 2 aromatic carbocycles. The zero-order valence-corrected chi connectivity index (χ0v) is 16.2. The molecule has 4 rings (SSSR count). The quantitative estimate of drug-likeness (QED) is 0.445. The highest BCUT2D eigenvalue weighted by Crippen LogP contribution is 2.37. The van der Waals surface area contributed by atoms with Crippen LogP contribution in [-0.4, -0.2) is 16.6 Å². The number of ether oxygens (including phenoxy) is 1. The molecule has 0 saturated carbocycles. The molecule has 0 unspecified atom stereocenters. The van der Waals surface area contributed by atoms with E-state index in [4.69, 9.17) is 4.74 Å². The lowest BCUT2D eigenvalue weighted by Gasteiger charge is -2.09. The van der Waals surface area contributed by atoms with Crippen LogP contribution in [0, 0.1) is 0 Å². The molecule has 0 aliphatic heterocycles. The van der Waals surface area contributed by atoms with Crippen LogP contribution in [-0.2, 0) is 6.42 Å². The molecule has 0 saturated heterocycles. The minimum Gasteiger partial charge on any atom is -0.494 e. The monoisotopic (exact) mass is 375 g/mol. The van der Waals surface area contributed by atoms with E-state index in [0.717, 1.165) is 45.0 Å². The average Bonchev–Trinajstić information content (AvgIpc) is 3.15. The molecule has 27 heavy (non-hydrogen) atoms. The molecule has 136 valence electrons. The van der Waals surface area contributed by atoms with E-state index in [0.29, 0.717) is 6.61 Å². The molecule has 1 N–H and O–H groups in total. The maximum absolute atomic E-state index is 5.55. The molecule has 0 spiro atoms. The predicted molar refractivity (Wildman–Crippen MR) is 113 cm³/mol. The first-order chi connectivity index (χ1) is 13.3. The fourth-order valence-corrected chi connectivity index (χ4v) is 3.96. The van der Waals surface area contributed by atoms with Gasteiger partial charge in [0, 0.05) is 16.6 Å². The highest BCUT2D eigenvalue weighted by atomic mass is 32.1. The van der Waals surface area contributed by atoms with Gasteiger partial charge >= 0.3 is 0 Å². The van der Waals surface area contributed by atoms with Crippen molar-refractivity contribution in [3.8, 4) is 16.9 Å². The summed E-state index contributed by atoms with van der Waals surface area (Å²) in [6.45, 7) is 4.81. The molecule has 0 bridgehead atoms. The van der Waals surface area contributed by atoms with E-state index < -0.39 is 0 Å². The van der Waals surface area contributed by atoms with Crippen molar-refractivity contribution in [3.63, 3.8) is 0 Å². The Morgan fingerprint density at radius 3 is 2.44 bits per heavy atom. The fraction of sp³-hybridized carbons (Fsp3) is 0.182. The van der Waals surface area contributed by atoms with Gasteiger partial charge in [0.25, 0.3) is 0 Å². The molecular weight excluding hydrogens is 354 g/mol. The molecule has 0 aliphatic carbocycles. The summed E-state index contributed by atoms with van der Waals surface area (Å²) in [5, 5.41) is 6.64. The fourth-order valence-electron chi connectivity index (χ4n) is 3.04. The number of aromatic nitrogens is 2. The Morgan fingerprint density at radius 2 is 1.74 bits per heavy atom.